The third-order valence-electron chi connectivity index (χ3n) is 0.598. The van der Waals surface area contributed by atoms with Gasteiger partial charge in [0.15, 0.2) is 0 Å². The van der Waals surface area contributed by atoms with Crippen molar-refractivity contribution in [3.63, 3.8) is 0 Å². The second kappa shape index (κ2) is 3.45. The Kier molecular flexibility index (Phi) is 3.63. The summed E-state index contributed by atoms with van der Waals surface area (Å²) in [4.78, 5) is 0. The fourth-order valence-electron chi connectivity index (χ4n) is 0.225. The van der Waals surface area contributed by atoms with Crippen LogP contribution in [0.5, 0.6) is 0 Å². The first kappa shape index (κ1) is 8.42. The van der Waals surface area contributed by atoms with Gasteiger partial charge in [0.25, 0.3) is 0 Å². The number of thiol groups is 1. The molecule has 0 aliphatic carbocycles. The summed E-state index contributed by atoms with van der Waals surface area (Å²) >= 11 is 3.88. The SMILES string of the molecule is Cn1nnnc1S.[Na]. The van der Waals surface area contributed by atoms with Crippen LogP contribution in [0.25, 0.3) is 0 Å². The topological polar surface area (TPSA) is 43.6 Å². The van der Waals surface area contributed by atoms with Gasteiger partial charge in [-0.25, -0.2) is 4.68 Å². The Balaban J connectivity index is 0.000000490. The number of aromatic nitrogens is 4. The van der Waals surface area contributed by atoms with E-state index in [1.54, 1.807) is 7.05 Å². The molecule has 6 heteroatoms. The molecule has 8 heavy (non-hydrogen) atoms. The zero-order valence-electron chi connectivity index (χ0n) is 4.74. The number of hydrogen-bond donors (Lipinski definition) is 1. The molecule has 4 nitrogen and oxygen atoms in total. The first-order chi connectivity index (χ1) is 3.30. The molecule has 0 bridgehead atoms. The molecule has 0 saturated carbocycles. The molecule has 0 aromatic carbocycles. The number of hydrogen-bond acceptors (Lipinski definition) is 4. The summed E-state index contributed by atoms with van der Waals surface area (Å²) in [6, 6.07) is 0. The molecule has 0 atom stereocenters. The standard InChI is InChI=1S/C2H4N4S.Na/c1-6-2(7)3-4-5-6;/h1H3,(H,3,5,7);. The molecule has 1 heterocycles. The third-order valence-corrected chi connectivity index (χ3v) is 0.977. The fraction of sp³-hybridized carbons (Fsp3) is 0.500. The molecule has 0 saturated heterocycles. The van der Waals surface area contributed by atoms with Crippen molar-refractivity contribution in [2.75, 3.05) is 0 Å². The van der Waals surface area contributed by atoms with Gasteiger partial charge >= 0.3 is 0 Å². The van der Waals surface area contributed by atoms with Gasteiger partial charge in [0.05, 0.1) is 0 Å². The van der Waals surface area contributed by atoms with E-state index in [-0.39, 0.29) is 29.6 Å². The summed E-state index contributed by atoms with van der Waals surface area (Å²) in [7, 11) is 1.72. The fourth-order valence-corrected chi connectivity index (χ4v) is 0.305. The Morgan fingerprint density at radius 2 is 2.25 bits per heavy atom. The minimum absolute atomic E-state index is 0. The van der Waals surface area contributed by atoms with E-state index < -0.39 is 0 Å². The molecule has 1 rings (SSSR count). The van der Waals surface area contributed by atoms with E-state index in [2.05, 4.69) is 28.2 Å². The van der Waals surface area contributed by atoms with E-state index in [0.717, 1.165) is 0 Å². The van der Waals surface area contributed by atoms with Crippen LogP contribution in [0.2, 0.25) is 0 Å². The van der Waals surface area contributed by atoms with Crippen LogP contribution in [0.3, 0.4) is 0 Å². The minimum atomic E-state index is 0. The molecule has 0 spiro atoms. The maximum atomic E-state index is 3.88. The van der Waals surface area contributed by atoms with Crippen LogP contribution >= 0.6 is 12.6 Å². The van der Waals surface area contributed by atoms with E-state index in [4.69, 9.17) is 0 Å². The number of rotatable bonds is 0. The summed E-state index contributed by atoms with van der Waals surface area (Å²) in [5.74, 6) is 0. The molecule has 1 aromatic heterocycles. The quantitative estimate of drug-likeness (QED) is 0.375. The van der Waals surface area contributed by atoms with Crippen molar-refractivity contribution in [1.29, 1.82) is 0 Å². The molecule has 0 N–H and O–H groups in total. The Morgan fingerprint density at radius 3 is 2.38 bits per heavy atom. The zero-order chi connectivity index (χ0) is 5.28. The third kappa shape index (κ3) is 1.74. The van der Waals surface area contributed by atoms with Gasteiger partial charge in [-0.3, -0.25) is 0 Å². The minimum Gasteiger partial charge on any atom is -0.224 e. The average molecular weight is 139 g/mol. The van der Waals surface area contributed by atoms with Gasteiger partial charge < -0.3 is 0 Å². The maximum Gasteiger partial charge on any atom is 0.205 e. The van der Waals surface area contributed by atoms with Crippen LogP contribution in [-0.2, 0) is 7.05 Å². The number of tetrazole rings is 1. The van der Waals surface area contributed by atoms with Gasteiger partial charge in [-0.05, 0) is 10.4 Å². The number of aryl methyl sites for hydroxylation is 1. The second-order valence-electron chi connectivity index (χ2n) is 1.10. The average Bonchev–Trinajstić information content (AvgIpc) is 1.91. The van der Waals surface area contributed by atoms with E-state index in [0.29, 0.717) is 5.16 Å². The largest absolute Gasteiger partial charge is 0.224 e. The van der Waals surface area contributed by atoms with Gasteiger partial charge in [0.1, 0.15) is 0 Å². The Hall–Kier alpha value is 0.420. The second-order valence-corrected chi connectivity index (χ2v) is 1.50. The molecule has 0 aliphatic rings. The van der Waals surface area contributed by atoms with Crippen LogP contribution in [0.1, 0.15) is 0 Å². The molecule has 0 amide bonds. The molecule has 1 radical (unpaired) electrons. The van der Waals surface area contributed by atoms with Crippen molar-refractivity contribution < 1.29 is 0 Å². The van der Waals surface area contributed by atoms with E-state index in [1.807, 2.05) is 0 Å². The van der Waals surface area contributed by atoms with Crippen LogP contribution in [0.15, 0.2) is 5.16 Å². The van der Waals surface area contributed by atoms with Gasteiger partial charge in [0.2, 0.25) is 5.16 Å². The Bertz CT molecular complexity index is 146. The van der Waals surface area contributed by atoms with Crippen molar-refractivity contribution in [3.8, 4) is 0 Å². The van der Waals surface area contributed by atoms with E-state index >= 15 is 0 Å². The van der Waals surface area contributed by atoms with Crippen molar-refractivity contribution in [1.82, 2.24) is 20.2 Å². The molecule has 39 valence electrons. The molecular weight excluding hydrogens is 135 g/mol. The van der Waals surface area contributed by atoms with Crippen LogP contribution in [-0.4, -0.2) is 49.8 Å². The van der Waals surface area contributed by atoms with E-state index in [1.165, 1.54) is 4.68 Å². The van der Waals surface area contributed by atoms with Crippen molar-refractivity contribution in [2.24, 2.45) is 7.05 Å². The monoisotopic (exact) mass is 139 g/mol. The smallest absolute Gasteiger partial charge is 0.205 e. The summed E-state index contributed by atoms with van der Waals surface area (Å²) in [5, 5.41) is 10.8. The van der Waals surface area contributed by atoms with Crippen LogP contribution in [0.4, 0.5) is 0 Å². The van der Waals surface area contributed by atoms with Gasteiger partial charge in [-0.2, -0.15) is 0 Å². The predicted molar refractivity (Wildman–Crippen MR) is 31.8 cm³/mol. The van der Waals surface area contributed by atoms with Crippen molar-refractivity contribution >= 4 is 42.2 Å². The molecule has 0 fully saturated rings. The Labute approximate surface area is 74.3 Å². The van der Waals surface area contributed by atoms with Crippen molar-refractivity contribution in [3.05, 3.63) is 0 Å². The zero-order valence-corrected chi connectivity index (χ0v) is 7.63. The molecular formula is C2H4N4NaS. The normalized spacial score (nSPS) is 8.25. The van der Waals surface area contributed by atoms with Crippen molar-refractivity contribution in [2.45, 2.75) is 5.16 Å². The molecule has 0 aliphatic heterocycles. The molecule has 0 unspecified atom stereocenters. The first-order valence-corrected chi connectivity index (χ1v) is 2.17. The summed E-state index contributed by atoms with van der Waals surface area (Å²) < 4.78 is 1.48. The summed E-state index contributed by atoms with van der Waals surface area (Å²) in [6.45, 7) is 0. The van der Waals surface area contributed by atoms with Crippen LogP contribution < -0.4 is 0 Å². The van der Waals surface area contributed by atoms with Gasteiger partial charge in [0, 0.05) is 36.6 Å². The molecule has 1 aromatic rings. The predicted octanol–water partition coefficient (Wildman–Crippen LogP) is -0.882. The van der Waals surface area contributed by atoms with E-state index in [9.17, 15) is 0 Å². The van der Waals surface area contributed by atoms with Gasteiger partial charge in [-0.15, -0.1) is 17.7 Å². The number of nitrogens with zero attached hydrogens (tertiary/aromatic N) is 4. The first-order valence-electron chi connectivity index (χ1n) is 1.72. The van der Waals surface area contributed by atoms with Gasteiger partial charge in [-0.1, -0.05) is 0 Å². The summed E-state index contributed by atoms with van der Waals surface area (Å²) in [5.41, 5.74) is 0. The summed E-state index contributed by atoms with van der Waals surface area (Å²) in [6.07, 6.45) is 0. The Morgan fingerprint density at radius 1 is 1.62 bits per heavy atom. The van der Waals surface area contributed by atoms with Crippen LogP contribution in [0, 0.1) is 0 Å². The maximum absolute atomic E-state index is 3.88.